The van der Waals surface area contributed by atoms with Gasteiger partial charge >= 0.3 is 0 Å². The van der Waals surface area contributed by atoms with Gasteiger partial charge in [0.2, 0.25) is 0 Å². The third-order valence-corrected chi connectivity index (χ3v) is 25.0. The molecule has 2 aliphatic heterocycles. The number of benzene rings is 17. The molecule has 0 saturated heterocycles. The summed E-state index contributed by atoms with van der Waals surface area (Å²) in [5.74, 6) is 5.43. The minimum atomic E-state index is -0.785. The maximum absolute atomic E-state index is 7.28. The fourth-order valence-electron chi connectivity index (χ4n) is 20.1. The van der Waals surface area contributed by atoms with Crippen LogP contribution in [0.5, 0.6) is 23.0 Å². The van der Waals surface area contributed by atoms with E-state index < -0.39 is 10.8 Å². The molecule has 2 aliphatic carbocycles. The van der Waals surface area contributed by atoms with E-state index in [1.54, 1.807) is 0 Å². The second kappa shape index (κ2) is 24.6. The van der Waals surface area contributed by atoms with E-state index in [4.69, 9.17) is 29.4 Å². The second-order valence-electron chi connectivity index (χ2n) is 31.0. The van der Waals surface area contributed by atoms with Crippen molar-refractivity contribution in [1.82, 2.24) is 29.1 Å². The van der Waals surface area contributed by atoms with Gasteiger partial charge < -0.3 is 14.0 Å². The van der Waals surface area contributed by atoms with E-state index in [0.29, 0.717) is 11.6 Å². The first-order valence-corrected chi connectivity index (χ1v) is 39.6. The molecule has 0 amide bonds. The van der Waals surface area contributed by atoms with Crippen molar-refractivity contribution in [2.75, 3.05) is 0 Å². The number of para-hydroxylation sites is 2. The first-order chi connectivity index (χ1) is 57.5. The zero-order valence-corrected chi connectivity index (χ0v) is 62.5. The summed E-state index contributed by atoms with van der Waals surface area (Å²) in [5.41, 5.74) is 27.5. The van der Waals surface area contributed by atoms with Crippen LogP contribution in [-0.4, -0.2) is 29.1 Å². The van der Waals surface area contributed by atoms with Crippen LogP contribution in [0.1, 0.15) is 44.5 Å². The van der Waals surface area contributed by atoms with E-state index in [2.05, 4.69) is 385 Å². The van der Waals surface area contributed by atoms with Gasteiger partial charge in [-0.3, -0.25) is 4.57 Å². The minimum absolute atomic E-state index is 0.645. The lowest BCUT2D eigenvalue weighted by Crippen LogP contribution is -2.32. The number of hydrogen-bond donors (Lipinski definition) is 0. The first-order valence-electron chi connectivity index (χ1n) is 39.6. The van der Waals surface area contributed by atoms with Crippen LogP contribution in [0.25, 0.3) is 167 Å². The SMILES string of the molecule is c1ccc(-c2cc(-n3c4cc5c(cc4c4ccc6ccccc6c43)Oc3ccccc3C53c4ccccc4-c4cc(-c5ccc(-c6cc(-c7cccc(-n8c9cc%10c(cc9c9ccc%11ccccc%11c98)Oc8ccccc8C%108c9ccccc9-c9ccccc98)c7)nc(-c7ccccc7)n6)cc5)ccc43)nc(-c3ccccc3)n2)cc1. The third-order valence-electron chi connectivity index (χ3n) is 25.0. The molecular formula is C108H64N6O2. The summed E-state index contributed by atoms with van der Waals surface area (Å²) in [7, 11) is 0. The molecule has 17 aromatic carbocycles. The highest BCUT2D eigenvalue weighted by atomic mass is 16.5. The lowest BCUT2D eigenvalue weighted by atomic mass is 9.66. The van der Waals surface area contributed by atoms with Crippen LogP contribution in [0.3, 0.4) is 0 Å². The molecule has 8 nitrogen and oxygen atoms in total. The van der Waals surface area contributed by atoms with Gasteiger partial charge in [-0.25, -0.2) is 19.9 Å². The second-order valence-corrected chi connectivity index (χ2v) is 31.0. The van der Waals surface area contributed by atoms with Gasteiger partial charge in [-0.15, -0.1) is 0 Å². The zero-order chi connectivity index (χ0) is 75.9. The average molecular weight is 1480 g/mol. The third kappa shape index (κ3) is 9.14. The molecule has 0 radical (unpaired) electrons. The van der Waals surface area contributed by atoms with Crippen molar-refractivity contribution in [3.63, 3.8) is 0 Å². The Kier molecular flexibility index (Phi) is 13.6. The van der Waals surface area contributed by atoms with Gasteiger partial charge in [-0.1, -0.05) is 322 Å². The Balaban J connectivity index is 0.630. The molecule has 0 fully saturated rings. The summed E-state index contributed by atoms with van der Waals surface area (Å²) < 4.78 is 19.3. The van der Waals surface area contributed by atoms with Crippen molar-refractivity contribution in [2.24, 2.45) is 0 Å². The fraction of sp³-hybridized carbons (Fsp3) is 0.0185. The van der Waals surface area contributed by atoms with Crippen molar-refractivity contribution < 1.29 is 9.47 Å². The Morgan fingerprint density at radius 2 is 0.629 bits per heavy atom. The van der Waals surface area contributed by atoms with Crippen molar-refractivity contribution >= 4 is 65.2 Å². The highest BCUT2D eigenvalue weighted by Crippen LogP contribution is 2.65. The number of hydrogen-bond acceptors (Lipinski definition) is 6. The maximum atomic E-state index is 7.28. The summed E-state index contributed by atoms with van der Waals surface area (Å²) in [6, 6.07) is 141. The molecule has 21 aromatic rings. The molecule has 4 aliphatic rings. The Hall–Kier alpha value is -15.4. The molecule has 0 N–H and O–H groups in total. The van der Waals surface area contributed by atoms with Crippen LogP contribution in [0.4, 0.5) is 0 Å². The van der Waals surface area contributed by atoms with Crippen LogP contribution in [0, 0.1) is 0 Å². The Labute approximate surface area is 667 Å². The quantitative estimate of drug-likeness (QED) is 0.151. The average Bonchev–Trinajstić information content (AvgIpc) is 1.50. The van der Waals surface area contributed by atoms with Gasteiger partial charge in [0.25, 0.3) is 0 Å². The normalized spacial score (nSPS) is 14.3. The van der Waals surface area contributed by atoms with Gasteiger partial charge in [0, 0.05) is 94.1 Å². The smallest absolute Gasteiger partial charge is 0.162 e. The summed E-state index contributed by atoms with van der Waals surface area (Å²) in [4.78, 5) is 21.7. The highest BCUT2D eigenvalue weighted by molar-refractivity contribution is 6.21. The fourth-order valence-corrected chi connectivity index (χ4v) is 20.1. The van der Waals surface area contributed by atoms with Crippen LogP contribution in [-0.2, 0) is 10.8 Å². The lowest BCUT2D eigenvalue weighted by molar-refractivity contribution is 0.437. The molecule has 25 rings (SSSR count). The van der Waals surface area contributed by atoms with Crippen LogP contribution in [0.15, 0.2) is 388 Å². The molecule has 4 aromatic heterocycles. The maximum Gasteiger partial charge on any atom is 0.162 e. The lowest BCUT2D eigenvalue weighted by Gasteiger charge is -2.39. The van der Waals surface area contributed by atoms with Gasteiger partial charge in [0.1, 0.15) is 28.8 Å². The molecule has 1 unspecified atom stereocenters. The minimum Gasteiger partial charge on any atom is -0.457 e. The summed E-state index contributed by atoms with van der Waals surface area (Å²) in [6.07, 6.45) is 0. The largest absolute Gasteiger partial charge is 0.457 e. The van der Waals surface area contributed by atoms with Gasteiger partial charge in [0.15, 0.2) is 11.6 Å². The van der Waals surface area contributed by atoms with E-state index >= 15 is 0 Å². The van der Waals surface area contributed by atoms with Crippen molar-refractivity contribution in [3.05, 3.63) is 433 Å². The summed E-state index contributed by atoms with van der Waals surface area (Å²) in [5, 5.41) is 9.02. The van der Waals surface area contributed by atoms with Crippen molar-refractivity contribution in [2.45, 2.75) is 10.8 Å². The highest BCUT2D eigenvalue weighted by Gasteiger charge is 2.53. The summed E-state index contributed by atoms with van der Waals surface area (Å²) in [6.45, 7) is 0. The molecule has 8 heteroatoms. The zero-order valence-electron chi connectivity index (χ0n) is 62.5. The monoisotopic (exact) mass is 1480 g/mol. The Morgan fingerprint density at radius 1 is 0.216 bits per heavy atom. The molecule has 2 spiro atoms. The number of ether oxygens (including phenoxy) is 2. The topological polar surface area (TPSA) is 79.9 Å². The van der Waals surface area contributed by atoms with Gasteiger partial charge in [-0.2, -0.15) is 0 Å². The Bertz CT molecular complexity index is 7670. The predicted octanol–water partition coefficient (Wildman–Crippen LogP) is 26.7. The summed E-state index contributed by atoms with van der Waals surface area (Å²) >= 11 is 0. The number of aromatic nitrogens is 6. The van der Waals surface area contributed by atoms with Crippen LogP contribution in [0.2, 0.25) is 0 Å². The van der Waals surface area contributed by atoms with Crippen LogP contribution < -0.4 is 9.47 Å². The molecule has 6 heterocycles. The number of fused-ring (bicyclic) bond motifs is 28. The van der Waals surface area contributed by atoms with E-state index in [1.165, 1.54) is 49.9 Å². The van der Waals surface area contributed by atoms with Gasteiger partial charge in [0.05, 0.1) is 50.0 Å². The van der Waals surface area contributed by atoms with Crippen LogP contribution >= 0.6 is 0 Å². The van der Waals surface area contributed by atoms with Gasteiger partial charge in [-0.05, 0) is 127 Å². The molecule has 116 heavy (non-hydrogen) atoms. The van der Waals surface area contributed by atoms with E-state index in [9.17, 15) is 0 Å². The molecule has 538 valence electrons. The molecular weight excluding hydrogens is 1410 g/mol. The molecule has 0 bridgehead atoms. The van der Waals surface area contributed by atoms with Crippen molar-refractivity contribution in [1.29, 1.82) is 0 Å². The molecule has 1 atom stereocenters. The number of rotatable bonds is 8. The van der Waals surface area contributed by atoms with Crippen molar-refractivity contribution in [3.8, 4) is 124 Å². The number of nitrogens with zero attached hydrogens (tertiary/aromatic N) is 6. The van der Waals surface area contributed by atoms with E-state index in [1.807, 2.05) is 12.1 Å². The predicted molar refractivity (Wildman–Crippen MR) is 469 cm³/mol. The van der Waals surface area contributed by atoms with E-state index in [-0.39, 0.29) is 0 Å². The standard InChI is InChI=1S/C108H64N6O2/c1-4-27-68(28-5-1)95-64-102(112-106(111-95)71-31-8-3-9-32-71)114-97-62-92-101(60-84(97)81-55-52-67-26-11-13-36-76(67)104(81)114)116-99-46-23-21-44-90(99)108(92)87-42-19-16-39-79(87)82-58-72(53-56-88(82)108)65-47-49-69(50-48-65)93-63-94(110-105(109-93)70-29-6-2-7-30-70)73-33-24-34-74(57-73)113-96-61-91-100(59-83(96)80-54-51-66-25-10-12-35-75(66)103(80)113)115-98-45-22-20-43-89(98)107(91)85-40-17-14-37-77(85)78-38-15-18-41-86(78)107/h1-64H. The Morgan fingerprint density at radius 3 is 1.20 bits per heavy atom. The molecule has 0 saturated carbocycles. The van der Waals surface area contributed by atoms with E-state index in [0.717, 1.165) is 173 Å². The first kappa shape index (κ1) is 64.3.